The molecule has 1 aliphatic rings. The predicted octanol–water partition coefficient (Wildman–Crippen LogP) is 2.58. The van der Waals surface area contributed by atoms with Crippen molar-refractivity contribution in [3.8, 4) is 0 Å². The summed E-state index contributed by atoms with van der Waals surface area (Å²) < 4.78 is 5.52. The van der Waals surface area contributed by atoms with Crippen LogP contribution in [0.2, 0.25) is 0 Å². The van der Waals surface area contributed by atoms with Crippen molar-refractivity contribution in [2.75, 3.05) is 6.61 Å². The monoisotopic (exact) mass is 162 g/mol. The Morgan fingerprint density at radius 1 is 1.25 bits per heavy atom. The fraction of sp³-hybridized carbons (Fsp3) is 0.455. The Morgan fingerprint density at radius 3 is 2.58 bits per heavy atom. The van der Waals surface area contributed by atoms with Crippen molar-refractivity contribution < 1.29 is 4.74 Å². The van der Waals surface area contributed by atoms with Crippen LogP contribution in [0.4, 0.5) is 0 Å². The Kier molecular flexibility index (Phi) is 2.13. The van der Waals surface area contributed by atoms with E-state index in [1.165, 1.54) is 12.0 Å². The summed E-state index contributed by atoms with van der Waals surface area (Å²) >= 11 is 0. The summed E-state index contributed by atoms with van der Waals surface area (Å²) in [6.07, 6.45) is 1.57. The topological polar surface area (TPSA) is 9.23 Å². The smallest absolute Gasteiger partial charge is 0.0616 e. The first-order chi connectivity index (χ1) is 5.88. The first-order valence-electron chi connectivity index (χ1n) is 4.54. The molecule has 0 aliphatic carbocycles. The lowest BCUT2D eigenvalue weighted by atomic mass is 9.94. The summed E-state index contributed by atoms with van der Waals surface area (Å²) in [6.45, 7) is 3.07. The zero-order valence-electron chi connectivity index (χ0n) is 7.36. The molecule has 1 unspecified atom stereocenters. The summed E-state index contributed by atoms with van der Waals surface area (Å²) in [4.78, 5) is 0. The third-order valence-corrected chi connectivity index (χ3v) is 2.60. The molecule has 1 saturated heterocycles. The number of hydrogen-bond donors (Lipinski definition) is 0. The van der Waals surface area contributed by atoms with Gasteiger partial charge in [0.25, 0.3) is 0 Å². The molecule has 2 atom stereocenters. The van der Waals surface area contributed by atoms with E-state index in [1.807, 2.05) is 0 Å². The normalized spacial score (nSPS) is 29.1. The molecular formula is C11H14O. The van der Waals surface area contributed by atoms with Gasteiger partial charge in [0.1, 0.15) is 0 Å². The highest BCUT2D eigenvalue weighted by molar-refractivity contribution is 5.21. The Morgan fingerprint density at radius 2 is 2.00 bits per heavy atom. The van der Waals surface area contributed by atoms with Crippen molar-refractivity contribution in [1.82, 2.24) is 0 Å². The number of benzene rings is 1. The van der Waals surface area contributed by atoms with Crippen LogP contribution in [0, 0.1) is 0 Å². The molecule has 0 N–H and O–H groups in total. The van der Waals surface area contributed by atoms with E-state index < -0.39 is 0 Å². The zero-order valence-corrected chi connectivity index (χ0v) is 7.36. The van der Waals surface area contributed by atoms with Gasteiger partial charge < -0.3 is 4.74 Å². The van der Waals surface area contributed by atoms with Crippen molar-refractivity contribution in [2.24, 2.45) is 0 Å². The number of rotatable bonds is 1. The van der Waals surface area contributed by atoms with Crippen LogP contribution in [-0.2, 0) is 4.74 Å². The second-order valence-electron chi connectivity index (χ2n) is 3.38. The van der Waals surface area contributed by atoms with Gasteiger partial charge in [0, 0.05) is 12.5 Å². The molecule has 12 heavy (non-hydrogen) atoms. The van der Waals surface area contributed by atoms with Gasteiger partial charge in [-0.1, -0.05) is 30.3 Å². The van der Waals surface area contributed by atoms with Crippen LogP contribution in [0.25, 0.3) is 0 Å². The van der Waals surface area contributed by atoms with Gasteiger partial charge >= 0.3 is 0 Å². The SMILES string of the molecule is C[C@@H]1OCCC1c1ccccc1. The highest BCUT2D eigenvalue weighted by atomic mass is 16.5. The average molecular weight is 162 g/mol. The van der Waals surface area contributed by atoms with Gasteiger partial charge in [0.05, 0.1) is 6.10 Å². The van der Waals surface area contributed by atoms with E-state index in [2.05, 4.69) is 37.3 Å². The van der Waals surface area contributed by atoms with Crippen LogP contribution in [0.15, 0.2) is 30.3 Å². The summed E-state index contributed by atoms with van der Waals surface area (Å²) in [7, 11) is 0. The van der Waals surface area contributed by atoms with E-state index in [0.29, 0.717) is 12.0 Å². The summed E-state index contributed by atoms with van der Waals surface area (Å²) in [5.41, 5.74) is 1.42. The van der Waals surface area contributed by atoms with Gasteiger partial charge in [0.15, 0.2) is 0 Å². The molecule has 1 fully saturated rings. The molecule has 1 aliphatic heterocycles. The second-order valence-corrected chi connectivity index (χ2v) is 3.38. The molecule has 0 aromatic heterocycles. The highest BCUT2D eigenvalue weighted by Gasteiger charge is 2.24. The van der Waals surface area contributed by atoms with E-state index in [9.17, 15) is 0 Å². The first-order valence-corrected chi connectivity index (χ1v) is 4.54. The number of hydrogen-bond acceptors (Lipinski definition) is 1. The van der Waals surface area contributed by atoms with E-state index >= 15 is 0 Å². The first kappa shape index (κ1) is 7.81. The van der Waals surface area contributed by atoms with Crippen molar-refractivity contribution >= 4 is 0 Å². The van der Waals surface area contributed by atoms with Gasteiger partial charge in [-0.15, -0.1) is 0 Å². The predicted molar refractivity (Wildman–Crippen MR) is 49.2 cm³/mol. The number of ether oxygens (including phenoxy) is 1. The van der Waals surface area contributed by atoms with Crippen LogP contribution in [0.1, 0.15) is 24.8 Å². The maximum absolute atomic E-state index is 5.52. The van der Waals surface area contributed by atoms with Crippen LogP contribution < -0.4 is 0 Å². The summed E-state index contributed by atoms with van der Waals surface area (Å²) in [6, 6.07) is 10.6. The Hall–Kier alpha value is -0.820. The van der Waals surface area contributed by atoms with Crippen LogP contribution >= 0.6 is 0 Å². The lowest BCUT2D eigenvalue weighted by Crippen LogP contribution is -2.08. The Labute approximate surface area is 73.4 Å². The summed E-state index contributed by atoms with van der Waals surface area (Å²) in [5.74, 6) is 0.617. The molecule has 0 saturated carbocycles. The fourth-order valence-corrected chi connectivity index (χ4v) is 1.87. The van der Waals surface area contributed by atoms with Gasteiger partial charge in [-0.05, 0) is 18.9 Å². The highest BCUT2D eigenvalue weighted by Crippen LogP contribution is 2.30. The maximum atomic E-state index is 5.52. The fourth-order valence-electron chi connectivity index (χ4n) is 1.87. The molecule has 1 heterocycles. The minimum absolute atomic E-state index is 0.396. The quantitative estimate of drug-likeness (QED) is 0.616. The molecule has 64 valence electrons. The molecule has 1 nitrogen and oxygen atoms in total. The van der Waals surface area contributed by atoms with Crippen LogP contribution in [0.3, 0.4) is 0 Å². The van der Waals surface area contributed by atoms with E-state index in [-0.39, 0.29) is 0 Å². The maximum Gasteiger partial charge on any atom is 0.0616 e. The van der Waals surface area contributed by atoms with E-state index in [1.54, 1.807) is 0 Å². The van der Waals surface area contributed by atoms with Crippen LogP contribution in [-0.4, -0.2) is 12.7 Å². The van der Waals surface area contributed by atoms with Gasteiger partial charge in [-0.3, -0.25) is 0 Å². The Balaban J connectivity index is 2.19. The molecule has 0 spiro atoms. The molecule has 1 aromatic rings. The molecule has 1 heteroatoms. The molecule has 0 amide bonds. The van der Waals surface area contributed by atoms with Gasteiger partial charge in [0.2, 0.25) is 0 Å². The minimum Gasteiger partial charge on any atom is -0.378 e. The lowest BCUT2D eigenvalue weighted by Gasteiger charge is -2.13. The molecule has 0 radical (unpaired) electrons. The average Bonchev–Trinajstić information content (AvgIpc) is 2.53. The van der Waals surface area contributed by atoms with Crippen LogP contribution in [0.5, 0.6) is 0 Å². The van der Waals surface area contributed by atoms with Crippen molar-refractivity contribution in [3.63, 3.8) is 0 Å². The standard InChI is InChI=1S/C11H14O/c1-9-11(7-8-12-9)10-5-3-2-4-6-10/h2-6,9,11H,7-8H2,1H3/t9-,11?/m0/s1. The third-order valence-electron chi connectivity index (χ3n) is 2.60. The Bertz CT molecular complexity index is 242. The molecule has 2 rings (SSSR count). The second kappa shape index (κ2) is 3.28. The van der Waals surface area contributed by atoms with Crippen molar-refractivity contribution in [1.29, 1.82) is 0 Å². The zero-order chi connectivity index (χ0) is 8.39. The van der Waals surface area contributed by atoms with E-state index in [0.717, 1.165) is 6.61 Å². The lowest BCUT2D eigenvalue weighted by molar-refractivity contribution is 0.118. The van der Waals surface area contributed by atoms with Crippen molar-refractivity contribution in [3.05, 3.63) is 35.9 Å². The van der Waals surface area contributed by atoms with Gasteiger partial charge in [-0.25, -0.2) is 0 Å². The minimum atomic E-state index is 0.396. The van der Waals surface area contributed by atoms with E-state index in [4.69, 9.17) is 4.74 Å². The van der Waals surface area contributed by atoms with Gasteiger partial charge in [-0.2, -0.15) is 0 Å². The molecule has 0 bridgehead atoms. The largest absolute Gasteiger partial charge is 0.378 e. The summed E-state index contributed by atoms with van der Waals surface area (Å²) in [5, 5.41) is 0. The third kappa shape index (κ3) is 1.37. The molecule has 1 aromatic carbocycles. The van der Waals surface area contributed by atoms with Crippen molar-refractivity contribution in [2.45, 2.75) is 25.4 Å². The molecular weight excluding hydrogens is 148 g/mol.